The van der Waals surface area contributed by atoms with Crippen LogP contribution in [-0.4, -0.2) is 57.0 Å². The molecule has 2 atom stereocenters. The Balaban J connectivity index is 1.16. The largest absolute Gasteiger partial charge is 0.480 e. The topological polar surface area (TPSA) is 156 Å². The standard InChI is InChI=1S/C29H27N5O6/c1-17(39-15-18-9-3-2-4-10-18)24(27(36)37)30-26(35)25-31-28(34-33-25)32-29(38)40-16-23-21-13-7-5-11-19(21)20-12-6-8-14-22(20)23/h2-14,17,23-24H,15-16H2,1H3,(H,30,35)(H,36,37)(H2,31,32,33,34,38)/t17-,24+/m0/s1. The first kappa shape index (κ1) is 26.6. The van der Waals surface area contributed by atoms with Gasteiger partial charge in [0.05, 0.1) is 12.7 Å². The molecule has 1 heterocycles. The number of ether oxygens (including phenoxy) is 2. The maximum absolute atomic E-state index is 12.7. The van der Waals surface area contributed by atoms with Crippen LogP contribution >= 0.6 is 0 Å². The number of nitrogens with zero attached hydrogens (tertiary/aromatic N) is 2. The summed E-state index contributed by atoms with van der Waals surface area (Å²) < 4.78 is 11.1. The molecule has 40 heavy (non-hydrogen) atoms. The van der Waals surface area contributed by atoms with E-state index in [1.807, 2.05) is 78.9 Å². The molecule has 1 aliphatic rings. The Morgan fingerprint density at radius 1 is 0.950 bits per heavy atom. The summed E-state index contributed by atoms with van der Waals surface area (Å²) in [7, 11) is 0. The molecule has 1 aromatic heterocycles. The van der Waals surface area contributed by atoms with E-state index in [2.05, 4.69) is 25.8 Å². The van der Waals surface area contributed by atoms with Crippen LogP contribution < -0.4 is 10.6 Å². The summed E-state index contributed by atoms with van der Waals surface area (Å²) in [4.78, 5) is 40.9. The molecule has 0 saturated heterocycles. The second-order valence-corrected chi connectivity index (χ2v) is 9.25. The SMILES string of the molecule is C[C@H](OCc1ccccc1)[C@@H](NC(=O)c1nc(NC(=O)OCC2c3ccccc3-c3ccccc32)n[nH]1)C(=O)O. The monoisotopic (exact) mass is 541 g/mol. The molecule has 11 heteroatoms. The molecular formula is C29H27N5O6. The number of rotatable bonds is 10. The number of carboxylic acids is 1. The van der Waals surface area contributed by atoms with Crippen molar-refractivity contribution < 1.29 is 29.0 Å². The number of anilines is 1. The third-order valence-corrected chi connectivity index (χ3v) is 6.64. The Kier molecular flexibility index (Phi) is 7.83. The lowest BCUT2D eigenvalue weighted by atomic mass is 9.98. The summed E-state index contributed by atoms with van der Waals surface area (Å²) in [5.41, 5.74) is 5.22. The molecule has 204 valence electrons. The lowest BCUT2D eigenvalue weighted by molar-refractivity contribution is -0.143. The first-order valence-corrected chi connectivity index (χ1v) is 12.6. The molecule has 4 N–H and O–H groups in total. The van der Waals surface area contributed by atoms with Crippen LogP contribution in [0.25, 0.3) is 11.1 Å². The molecule has 5 rings (SSSR count). The molecule has 4 aromatic rings. The van der Waals surface area contributed by atoms with Crippen molar-refractivity contribution in [1.29, 1.82) is 0 Å². The van der Waals surface area contributed by atoms with Crippen LogP contribution in [0.5, 0.6) is 0 Å². The molecule has 0 radical (unpaired) electrons. The minimum atomic E-state index is -1.35. The number of H-pyrrole nitrogens is 1. The zero-order chi connectivity index (χ0) is 28.1. The van der Waals surface area contributed by atoms with Gasteiger partial charge in [0.2, 0.25) is 5.82 Å². The highest BCUT2D eigenvalue weighted by atomic mass is 16.5. The highest BCUT2D eigenvalue weighted by Crippen LogP contribution is 2.44. The van der Waals surface area contributed by atoms with Gasteiger partial charge in [-0.05, 0) is 34.7 Å². The summed E-state index contributed by atoms with van der Waals surface area (Å²) in [6.45, 7) is 1.82. The quantitative estimate of drug-likeness (QED) is 0.235. The van der Waals surface area contributed by atoms with Gasteiger partial charge < -0.3 is 19.9 Å². The minimum absolute atomic E-state index is 0.0960. The zero-order valence-electron chi connectivity index (χ0n) is 21.5. The van der Waals surface area contributed by atoms with Gasteiger partial charge in [-0.3, -0.25) is 15.2 Å². The summed E-state index contributed by atoms with van der Waals surface area (Å²) in [5, 5.41) is 20.6. The fourth-order valence-electron chi connectivity index (χ4n) is 4.63. The lowest BCUT2D eigenvalue weighted by Crippen LogP contribution is -2.48. The molecular weight excluding hydrogens is 514 g/mol. The number of fused-ring (bicyclic) bond motifs is 3. The van der Waals surface area contributed by atoms with Gasteiger partial charge in [-0.1, -0.05) is 78.9 Å². The van der Waals surface area contributed by atoms with Crippen LogP contribution in [0.15, 0.2) is 78.9 Å². The second kappa shape index (κ2) is 11.8. The van der Waals surface area contributed by atoms with Gasteiger partial charge in [0.25, 0.3) is 11.9 Å². The number of nitrogens with one attached hydrogen (secondary N) is 3. The van der Waals surface area contributed by atoms with Crippen LogP contribution in [0.2, 0.25) is 0 Å². The van der Waals surface area contributed by atoms with E-state index in [0.717, 1.165) is 27.8 Å². The number of aromatic nitrogens is 3. The molecule has 0 aliphatic heterocycles. The molecule has 0 fully saturated rings. The van der Waals surface area contributed by atoms with Crippen molar-refractivity contribution in [2.45, 2.75) is 31.6 Å². The molecule has 0 spiro atoms. The van der Waals surface area contributed by atoms with E-state index in [1.165, 1.54) is 0 Å². The number of aromatic amines is 1. The molecule has 0 bridgehead atoms. The number of hydrogen-bond acceptors (Lipinski definition) is 7. The van der Waals surface area contributed by atoms with Crippen LogP contribution in [0.1, 0.15) is 40.2 Å². The van der Waals surface area contributed by atoms with Crippen LogP contribution in [0, 0.1) is 0 Å². The predicted octanol–water partition coefficient (Wildman–Crippen LogP) is 3.95. The van der Waals surface area contributed by atoms with Gasteiger partial charge >= 0.3 is 12.1 Å². The lowest BCUT2D eigenvalue weighted by Gasteiger charge is -2.21. The average molecular weight is 542 g/mol. The summed E-state index contributed by atoms with van der Waals surface area (Å²) in [5.74, 6) is -2.69. The smallest absolute Gasteiger partial charge is 0.414 e. The van der Waals surface area contributed by atoms with E-state index in [0.29, 0.717) is 0 Å². The van der Waals surface area contributed by atoms with Crippen LogP contribution in [-0.2, 0) is 20.9 Å². The maximum Gasteiger partial charge on any atom is 0.414 e. The van der Waals surface area contributed by atoms with Crippen molar-refractivity contribution in [2.75, 3.05) is 11.9 Å². The van der Waals surface area contributed by atoms with Crippen molar-refractivity contribution in [3.8, 4) is 11.1 Å². The number of aliphatic carboxylic acids is 1. The third-order valence-electron chi connectivity index (χ3n) is 6.64. The number of benzene rings is 3. The number of carbonyl (C=O) groups excluding carboxylic acids is 2. The van der Waals surface area contributed by atoms with Gasteiger partial charge in [0, 0.05) is 5.92 Å². The Labute approximate surface area is 229 Å². The zero-order valence-corrected chi connectivity index (χ0v) is 21.5. The van der Waals surface area contributed by atoms with E-state index in [4.69, 9.17) is 9.47 Å². The van der Waals surface area contributed by atoms with Crippen molar-refractivity contribution in [3.05, 3.63) is 101 Å². The van der Waals surface area contributed by atoms with Crippen LogP contribution in [0.3, 0.4) is 0 Å². The molecule has 2 amide bonds. The molecule has 3 aromatic carbocycles. The Bertz CT molecular complexity index is 1480. The average Bonchev–Trinajstić information content (AvgIpc) is 3.56. The third kappa shape index (κ3) is 5.84. The molecule has 11 nitrogen and oxygen atoms in total. The number of amides is 2. The van der Waals surface area contributed by atoms with E-state index >= 15 is 0 Å². The summed E-state index contributed by atoms with van der Waals surface area (Å²) in [6.07, 6.45) is -1.64. The highest BCUT2D eigenvalue weighted by Gasteiger charge is 2.30. The van der Waals surface area contributed by atoms with E-state index < -0.39 is 30.1 Å². The Morgan fingerprint density at radius 2 is 1.57 bits per heavy atom. The predicted molar refractivity (Wildman–Crippen MR) is 145 cm³/mol. The van der Waals surface area contributed by atoms with Gasteiger partial charge in [0.15, 0.2) is 6.04 Å². The van der Waals surface area contributed by atoms with Crippen LogP contribution in [0.4, 0.5) is 10.7 Å². The minimum Gasteiger partial charge on any atom is -0.480 e. The number of carboxylic acid groups (broad SMARTS) is 1. The molecule has 1 aliphatic carbocycles. The highest BCUT2D eigenvalue weighted by molar-refractivity contribution is 5.94. The van der Waals surface area contributed by atoms with E-state index in [9.17, 15) is 19.5 Å². The Morgan fingerprint density at radius 3 is 2.23 bits per heavy atom. The van der Waals surface area contributed by atoms with Crippen molar-refractivity contribution in [3.63, 3.8) is 0 Å². The number of carbonyl (C=O) groups is 3. The second-order valence-electron chi connectivity index (χ2n) is 9.25. The first-order chi connectivity index (χ1) is 19.4. The molecule has 0 unspecified atom stereocenters. The Hall–Kier alpha value is -5.03. The van der Waals surface area contributed by atoms with Crippen molar-refractivity contribution in [1.82, 2.24) is 20.5 Å². The normalized spacial score (nSPS) is 13.5. The van der Waals surface area contributed by atoms with Gasteiger partial charge in [-0.25, -0.2) is 9.59 Å². The van der Waals surface area contributed by atoms with E-state index in [-0.39, 0.29) is 30.9 Å². The van der Waals surface area contributed by atoms with Crippen molar-refractivity contribution >= 4 is 23.9 Å². The first-order valence-electron chi connectivity index (χ1n) is 12.6. The van der Waals surface area contributed by atoms with Gasteiger partial charge in [-0.15, -0.1) is 5.10 Å². The molecule has 0 saturated carbocycles. The maximum atomic E-state index is 12.7. The fourth-order valence-corrected chi connectivity index (χ4v) is 4.63. The van der Waals surface area contributed by atoms with Crippen molar-refractivity contribution in [2.24, 2.45) is 0 Å². The van der Waals surface area contributed by atoms with Gasteiger partial charge in [-0.2, -0.15) is 4.98 Å². The van der Waals surface area contributed by atoms with Gasteiger partial charge in [0.1, 0.15) is 6.61 Å². The van der Waals surface area contributed by atoms with E-state index in [1.54, 1.807) is 6.92 Å². The summed E-state index contributed by atoms with van der Waals surface area (Å²) in [6, 6.07) is 23.8. The summed E-state index contributed by atoms with van der Waals surface area (Å²) >= 11 is 0. The number of hydrogen-bond donors (Lipinski definition) is 4. The fraction of sp³-hybridized carbons (Fsp3) is 0.207.